The van der Waals surface area contributed by atoms with Crippen molar-refractivity contribution < 1.29 is 19.3 Å². The summed E-state index contributed by atoms with van der Waals surface area (Å²) in [6, 6.07) is 4.98. The number of benzene rings is 1. The predicted molar refractivity (Wildman–Crippen MR) is 94.8 cm³/mol. The first-order chi connectivity index (χ1) is 11.1. The molecule has 0 spiro atoms. The number of halogens is 2. The van der Waals surface area contributed by atoms with Crippen molar-refractivity contribution in [3.05, 3.63) is 51.6 Å². The van der Waals surface area contributed by atoms with E-state index in [9.17, 15) is 19.7 Å². The van der Waals surface area contributed by atoms with Gasteiger partial charge in [0.25, 0.3) is 5.69 Å². The lowest BCUT2D eigenvalue weighted by Crippen LogP contribution is -2.45. The van der Waals surface area contributed by atoms with Gasteiger partial charge in [0.2, 0.25) is 0 Å². The van der Waals surface area contributed by atoms with Gasteiger partial charge >= 0.3 is 5.97 Å². The van der Waals surface area contributed by atoms with Gasteiger partial charge in [-0.2, -0.15) is 0 Å². The lowest BCUT2D eigenvalue weighted by Gasteiger charge is -2.30. The first-order valence-electron chi connectivity index (χ1n) is 6.74. The van der Waals surface area contributed by atoms with E-state index in [1.807, 2.05) is 0 Å². The highest BCUT2D eigenvalue weighted by atomic mass is 79.9. The summed E-state index contributed by atoms with van der Waals surface area (Å²) >= 11 is 6.72. The number of ketones is 1. The monoisotopic (exact) mass is 458 g/mol. The van der Waals surface area contributed by atoms with Crippen molar-refractivity contribution in [2.75, 3.05) is 0 Å². The van der Waals surface area contributed by atoms with E-state index in [1.54, 1.807) is 13.8 Å². The van der Waals surface area contributed by atoms with Crippen LogP contribution in [0.25, 0.3) is 0 Å². The van der Waals surface area contributed by atoms with Gasteiger partial charge in [-0.15, -0.1) is 0 Å². The highest BCUT2D eigenvalue weighted by Crippen LogP contribution is 2.36. The van der Waals surface area contributed by atoms with Crippen LogP contribution in [0.2, 0.25) is 0 Å². The molecule has 7 nitrogen and oxygen atoms in total. The van der Waals surface area contributed by atoms with Crippen molar-refractivity contribution >= 4 is 55.0 Å². The number of Topliss-reactive ketones (excluding diaryl/α,β-unsaturated/α-hetero) is 1. The zero-order chi connectivity index (χ0) is 18.1. The maximum absolute atomic E-state index is 12.1. The van der Waals surface area contributed by atoms with E-state index in [0.29, 0.717) is 11.3 Å². The van der Waals surface area contributed by atoms with Gasteiger partial charge in [0.1, 0.15) is 4.32 Å². The maximum Gasteiger partial charge on any atom is 0.365 e. The van der Waals surface area contributed by atoms with Gasteiger partial charge in [-0.1, -0.05) is 37.0 Å². The van der Waals surface area contributed by atoms with Crippen molar-refractivity contribution in [2.24, 2.45) is 5.16 Å². The fourth-order valence-electron chi connectivity index (χ4n) is 2.08. The van der Waals surface area contributed by atoms with Crippen LogP contribution in [0.15, 0.2) is 41.1 Å². The van der Waals surface area contributed by atoms with Crippen LogP contribution in [-0.4, -0.2) is 31.5 Å². The predicted octanol–water partition coefficient (Wildman–Crippen LogP) is 3.55. The highest BCUT2D eigenvalue weighted by molar-refractivity contribution is 9.13. The molecule has 0 aliphatic heterocycles. The molecule has 0 heterocycles. The number of carbonyl (C=O) groups excluding carboxylic acids is 2. The van der Waals surface area contributed by atoms with Gasteiger partial charge in [0, 0.05) is 12.1 Å². The van der Waals surface area contributed by atoms with E-state index in [4.69, 9.17) is 4.84 Å². The SMILES string of the molecule is CC1=CC(=NOC(=O)c2ccc([N+](=O)[O-])cc2)C(Br)C(C)(Br)C1=O. The topological polar surface area (TPSA) is 98.9 Å². The first-order valence-corrected chi connectivity index (χ1v) is 8.45. The lowest BCUT2D eigenvalue weighted by atomic mass is 9.88. The molecule has 2 unspecified atom stereocenters. The third-order valence-electron chi connectivity index (χ3n) is 3.45. The Labute approximate surface area is 154 Å². The molecule has 0 N–H and O–H groups in total. The number of non-ortho nitro benzene ring substituents is 1. The molecule has 0 saturated heterocycles. The molecule has 126 valence electrons. The Kier molecular flexibility index (Phi) is 5.34. The van der Waals surface area contributed by atoms with Crippen LogP contribution < -0.4 is 0 Å². The number of nitro groups is 1. The van der Waals surface area contributed by atoms with Crippen molar-refractivity contribution in [2.45, 2.75) is 23.0 Å². The third kappa shape index (κ3) is 3.62. The largest absolute Gasteiger partial charge is 0.365 e. The number of hydrogen-bond acceptors (Lipinski definition) is 6. The Hall–Kier alpha value is -1.87. The number of carbonyl (C=O) groups is 2. The maximum atomic E-state index is 12.1. The zero-order valence-corrected chi connectivity index (χ0v) is 15.8. The molecule has 9 heteroatoms. The second-order valence-corrected chi connectivity index (χ2v) is 7.86. The fraction of sp³-hybridized carbons (Fsp3) is 0.267. The Morgan fingerprint density at radius 1 is 1.38 bits per heavy atom. The zero-order valence-electron chi connectivity index (χ0n) is 12.7. The summed E-state index contributed by atoms with van der Waals surface area (Å²) < 4.78 is -0.898. The molecule has 24 heavy (non-hydrogen) atoms. The van der Waals surface area contributed by atoms with E-state index in [1.165, 1.54) is 30.3 Å². The van der Waals surface area contributed by atoms with E-state index >= 15 is 0 Å². The Balaban J connectivity index is 2.19. The van der Waals surface area contributed by atoms with Crippen molar-refractivity contribution in [3.8, 4) is 0 Å². The van der Waals surface area contributed by atoms with Crippen molar-refractivity contribution in [3.63, 3.8) is 0 Å². The molecule has 2 rings (SSSR count). The van der Waals surface area contributed by atoms with Crippen molar-refractivity contribution in [1.29, 1.82) is 0 Å². The second kappa shape index (κ2) is 6.94. The molecular formula is C15H12Br2N2O5. The molecule has 0 radical (unpaired) electrons. The third-order valence-corrected chi connectivity index (χ3v) is 6.27. The number of alkyl halides is 2. The van der Waals surface area contributed by atoms with Crippen LogP contribution in [0.1, 0.15) is 24.2 Å². The molecule has 1 aromatic carbocycles. The minimum atomic E-state index is -0.898. The molecule has 0 bridgehead atoms. The van der Waals surface area contributed by atoms with E-state index < -0.39 is 20.0 Å². The van der Waals surface area contributed by atoms with Gasteiger partial charge in [-0.05, 0) is 37.6 Å². The molecule has 1 aliphatic carbocycles. The number of rotatable bonds is 3. The Bertz CT molecular complexity index is 769. The summed E-state index contributed by atoms with van der Waals surface area (Å²) in [7, 11) is 0. The van der Waals surface area contributed by atoms with Crippen LogP contribution in [0.3, 0.4) is 0 Å². The van der Waals surface area contributed by atoms with Gasteiger partial charge in [0.15, 0.2) is 5.78 Å². The molecular weight excluding hydrogens is 448 g/mol. The van der Waals surface area contributed by atoms with E-state index in [0.717, 1.165) is 0 Å². The van der Waals surface area contributed by atoms with Gasteiger partial charge < -0.3 is 4.84 Å². The first kappa shape index (κ1) is 18.5. The quantitative estimate of drug-likeness (QED) is 0.298. The summed E-state index contributed by atoms with van der Waals surface area (Å²) in [6.45, 7) is 3.34. The van der Waals surface area contributed by atoms with Crippen LogP contribution in [0, 0.1) is 10.1 Å². The average Bonchev–Trinajstić information content (AvgIpc) is 2.55. The molecule has 1 aliphatic rings. The Morgan fingerprint density at radius 3 is 2.50 bits per heavy atom. The summed E-state index contributed by atoms with van der Waals surface area (Å²) in [5.74, 6) is -0.846. The van der Waals surface area contributed by atoms with Crippen LogP contribution >= 0.6 is 31.9 Å². The minimum absolute atomic E-state index is 0.0926. The van der Waals surface area contributed by atoms with Gasteiger partial charge in [0.05, 0.1) is 21.0 Å². The van der Waals surface area contributed by atoms with Crippen molar-refractivity contribution in [1.82, 2.24) is 0 Å². The number of nitrogens with zero attached hydrogens (tertiary/aromatic N) is 2. The normalized spacial score (nSPS) is 25.3. The summed E-state index contributed by atoms with van der Waals surface area (Å²) in [5.41, 5.74) is 0.861. The number of allylic oxidation sites excluding steroid dienone is 2. The summed E-state index contributed by atoms with van der Waals surface area (Å²) in [6.07, 6.45) is 1.54. The second-order valence-electron chi connectivity index (χ2n) is 5.29. The van der Waals surface area contributed by atoms with Crippen LogP contribution in [0.4, 0.5) is 5.69 Å². The molecule has 1 aromatic rings. The average molecular weight is 460 g/mol. The van der Waals surface area contributed by atoms with E-state index in [-0.39, 0.29) is 17.0 Å². The van der Waals surface area contributed by atoms with Crippen LogP contribution in [-0.2, 0) is 9.63 Å². The summed E-state index contributed by atoms with van der Waals surface area (Å²) in [5, 5.41) is 14.4. The molecule has 0 fully saturated rings. The highest BCUT2D eigenvalue weighted by Gasteiger charge is 2.43. The smallest absolute Gasteiger partial charge is 0.313 e. The number of hydrogen-bond donors (Lipinski definition) is 0. The van der Waals surface area contributed by atoms with E-state index in [2.05, 4.69) is 37.0 Å². The molecule has 0 amide bonds. The Morgan fingerprint density at radius 2 is 1.96 bits per heavy atom. The lowest BCUT2D eigenvalue weighted by molar-refractivity contribution is -0.384. The minimum Gasteiger partial charge on any atom is -0.313 e. The molecule has 0 aromatic heterocycles. The molecule has 2 atom stereocenters. The standard InChI is InChI=1S/C15H12Br2N2O5/c1-8-7-11(12(16)15(2,17)13(8)20)18-24-14(21)9-3-5-10(6-4-9)19(22)23/h3-7,12H,1-2H3. The molecule has 0 saturated carbocycles. The van der Waals surface area contributed by atoms with Gasteiger partial charge in [-0.3, -0.25) is 14.9 Å². The number of oxime groups is 1. The number of nitro benzene ring substituents is 1. The van der Waals surface area contributed by atoms with Crippen LogP contribution in [0.5, 0.6) is 0 Å². The van der Waals surface area contributed by atoms with Gasteiger partial charge in [-0.25, -0.2) is 4.79 Å². The summed E-state index contributed by atoms with van der Waals surface area (Å²) in [4.78, 5) is 38.5. The fourth-order valence-corrected chi connectivity index (χ4v) is 3.05.